The van der Waals surface area contributed by atoms with E-state index in [-0.39, 0.29) is 17.0 Å². The van der Waals surface area contributed by atoms with Crippen molar-refractivity contribution in [1.29, 1.82) is 0 Å². The third-order valence-corrected chi connectivity index (χ3v) is 4.92. The number of halogens is 2. The van der Waals surface area contributed by atoms with Gasteiger partial charge in [0, 0.05) is 11.8 Å². The van der Waals surface area contributed by atoms with E-state index in [4.69, 9.17) is 11.6 Å². The lowest BCUT2D eigenvalue weighted by molar-refractivity contribution is -0.914. The van der Waals surface area contributed by atoms with Crippen LogP contribution in [0.4, 0.5) is 15.9 Å². The molecule has 0 spiro atoms. The fourth-order valence-corrected chi connectivity index (χ4v) is 3.24. The minimum Gasteiger partial charge on any atom is -0.321 e. The van der Waals surface area contributed by atoms with Gasteiger partial charge in [-0.25, -0.2) is 9.37 Å². The number of carbonyl (C=O) groups excluding carboxylic acids is 1. The molecule has 0 unspecified atom stereocenters. The van der Waals surface area contributed by atoms with E-state index in [9.17, 15) is 9.18 Å². The van der Waals surface area contributed by atoms with E-state index in [2.05, 4.69) is 21.3 Å². The maximum atomic E-state index is 13.2. The minimum atomic E-state index is -0.493. The number of pyridine rings is 1. The lowest BCUT2D eigenvalue weighted by Crippen LogP contribution is -3.19. The Balaban J connectivity index is 1.55. The van der Waals surface area contributed by atoms with Gasteiger partial charge < -0.3 is 10.2 Å². The van der Waals surface area contributed by atoms with E-state index in [0.717, 1.165) is 32.0 Å². The van der Waals surface area contributed by atoms with Gasteiger partial charge in [-0.1, -0.05) is 17.7 Å². The molecule has 5 nitrogen and oxygen atoms in total. The van der Waals surface area contributed by atoms with Crippen LogP contribution in [0.25, 0.3) is 0 Å². The van der Waals surface area contributed by atoms with Crippen molar-refractivity contribution < 1.29 is 19.1 Å². The highest BCUT2D eigenvalue weighted by atomic mass is 35.5. The maximum absolute atomic E-state index is 13.2. The number of carbonyl (C=O) groups is 1. The van der Waals surface area contributed by atoms with Gasteiger partial charge in [0.25, 0.3) is 11.7 Å². The van der Waals surface area contributed by atoms with Gasteiger partial charge >= 0.3 is 0 Å². The van der Waals surface area contributed by atoms with E-state index in [0.29, 0.717) is 5.69 Å². The van der Waals surface area contributed by atoms with Crippen molar-refractivity contribution in [3.05, 3.63) is 53.4 Å². The first-order valence-corrected chi connectivity index (χ1v) is 8.74. The Hall–Kier alpha value is -2.18. The van der Waals surface area contributed by atoms with E-state index in [1.54, 1.807) is 0 Å². The first kappa shape index (κ1) is 17.6. The Bertz CT molecular complexity index is 735. The molecule has 1 fully saturated rings. The van der Waals surface area contributed by atoms with Gasteiger partial charge in [-0.3, -0.25) is 9.69 Å². The van der Waals surface area contributed by atoms with Crippen molar-refractivity contribution in [2.45, 2.75) is 13.0 Å². The van der Waals surface area contributed by atoms with Crippen LogP contribution in [-0.2, 0) is 4.79 Å². The summed E-state index contributed by atoms with van der Waals surface area (Å²) >= 11 is 5.76. The van der Waals surface area contributed by atoms with Crippen molar-refractivity contribution in [3.63, 3.8) is 0 Å². The van der Waals surface area contributed by atoms with Crippen LogP contribution >= 0.6 is 11.6 Å². The number of H-pyrrole nitrogens is 1. The molecule has 0 radical (unpaired) electrons. The topological polar surface area (TPSA) is 50.9 Å². The van der Waals surface area contributed by atoms with Gasteiger partial charge in [-0.15, -0.1) is 0 Å². The molecule has 0 saturated carbocycles. The molecule has 132 valence electrons. The van der Waals surface area contributed by atoms with Crippen LogP contribution in [0.2, 0.25) is 5.02 Å². The number of aromatic amines is 1. The number of hydrogen-bond acceptors (Lipinski definition) is 2. The summed E-state index contributed by atoms with van der Waals surface area (Å²) in [6, 6.07) is 10.0. The Morgan fingerprint density at radius 2 is 2.08 bits per heavy atom. The Kier molecular flexibility index (Phi) is 5.50. The van der Waals surface area contributed by atoms with Crippen molar-refractivity contribution in [2.24, 2.45) is 0 Å². The van der Waals surface area contributed by atoms with Crippen LogP contribution in [-0.4, -0.2) is 38.1 Å². The minimum absolute atomic E-state index is 0.00512. The molecule has 1 aromatic carbocycles. The normalized spacial score (nSPS) is 16.5. The highest BCUT2D eigenvalue weighted by Gasteiger charge is 2.32. The molecule has 3 N–H and O–H groups in total. The quantitative estimate of drug-likeness (QED) is 0.851. The number of benzene rings is 1. The largest absolute Gasteiger partial charge is 0.321 e. The zero-order valence-corrected chi connectivity index (χ0v) is 14.8. The Labute approximate surface area is 151 Å². The molecular formula is C18H22ClFN4O+2. The fraction of sp³-hybridized carbons (Fsp3) is 0.333. The number of anilines is 2. The third-order valence-electron chi connectivity index (χ3n) is 4.63. The van der Waals surface area contributed by atoms with Gasteiger partial charge in [-0.2, -0.15) is 0 Å². The summed E-state index contributed by atoms with van der Waals surface area (Å²) < 4.78 is 13.2. The number of quaternary nitrogens is 1. The van der Waals surface area contributed by atoms with Crippen LogP contribution in [0.15, 0.2) is 42.6 Å². The molecule has 0 aliphatic carbocycles. The van der Waals surface area contributed by atoms with Crippen molar-refractivity contribution >= 4 is 29.0 Å². The number of nitrogens with zero attached hydrogens (tertiary/aromatic N) is 1. The first-order chi connectivity index (χ1) is 12.0. The van der Waals surface area contributed by atoms with Gasteiger partial charge in [0.15, 0.2) is 6.04 Å². The van der Waals surface area contributed by atoms with Crippen LogP contribution in [0.5, 0.6) is 0 Å². The Morgan fingerprint density at radius 3 is 2.72 bits per heavy atom. The van der Waals surface area contributed by atoms with Crippen LogP contribution in [0.3, 0.4) is 0 Å². The molecule has 2 aromatic rings. The second-order valence-electron chi connectivity index (χ2n) is 6.23. The number of amides is 1. The summed E-state index contributed by atoms with van der Waals surface area (Å²) in [5.41, 5.74) is 0.514. The second-order valence-corrected chi connectivity index (χ2v) is 6.64. The maximum Gasteiger partial charge on any atom is 0.282 e. The summed E-state index contributed by atoms with van der Waals surface area (Å²) in [5.74, 6) is 0.518. The second kappa shape index (κ2) is 7.80. The van der Waals surface area contributed by atoms with Gasteiger partial charge in [0.1, 0.15) is 32.0 Å². The number of rotatable bonds is 4. The average Bonchev–Trinajstić information content (AvgIpc) is 2.65. The van der Waals surface area contributed by atoms with Crippen LogP contribution in [0, 0.1) is 5.82 Å². The van der Waals surface area contributed by atoms with E-state index < -0.39 is 5.82 Å². The zero-order chi connectivity index (χ0) is 17.8. The monoisotopic (exact) mass is 364 g/mol. The van der Waals surface area contributed by atoms with E-state index in [1.807, 2.05) is 25.3 Å². The van der Waals surface area contributed by atoms with Gasteiger partial charge in [-0.05, 0) is 31.2 Å². The lowest BCUT2D eigenvalue weighted by atomic mass is 10.2. The summed E-state index contributed by atoms with van der Waals surface area (Å²) in [6.07, 6.45) is 1.92. The standard InChI is InChI=1S/C18H20ClFN4O/c1-13(18(25)22-14-5-6-16(20)15(19)12-14)23-8-10-24(11-9-23)17-4-2-3-7-21-17/h2-7,12-13H,8-11H2,1H3,(H,22,25)/p+2/t13-/m1/s1. The van der Waals surface area contributed by atoms with E-state index >= 15 is 0 Å². The fourth-order valence-electron chi connectivity index (χ4n) is 3.06. The molecule has 1 aromatic heterocycles. The molecular weight excluding hydrogens is 343 g/mol. The number of nitrogens with one attached hydrogen (secondary N) is 3. The molecule has 1 aliphatic heterocycles. The van der Waals surface area contributed by atoms with Crippen molar-refractivity contribution in [1.82, 2.24) is 0 Å². The summed E-state index contributed by atoms with van der Waals surface area (Å²) in [4.78, 5) is 19.2. The molecule has 7 heteroatoms. The summed E-state index contributed by atoms with van der Waals surface area (Å²) in [5, 5.41) is 2.82. The number of hydrogen-bond donors (Lipinski definition) is 2. The van der Waals surface area contributed by atoms with Crippen molar-refractivity contribution in [3.8, 4) is 0 Å². The highest BCUT2D eigenvalue weighted by Crippen LogP contribution is 2.19. The Morgan fingerprint density at radius 1 is 1.32 bits per heavy atom. The third kappa shape index (κ3) is 4.27. The molecule has 0 bridgehead atoms. The van der Waals surface area contributed by atoms with E-state index in [1.165, 1.54) is 23.1 Å². The molecule has 1 saturated heterocycles. The van der Waals surface area contributed by atoms with Crippen molar-refractivity contribution in [2.75, 3.05) is 36.4 Å². The number of aromatic nitrogens is 1. The summed E-state index contributed by atoms with van der Waals surface area (Å²) in [6.45, 7) is 5.44. The average molecular weight is 365 g/mol. The molecule has 2 heterocycles. The lowest BCUT2D eigenvalue weighted by Gasteiger charge is -2.31. The zero-order valence-electron chi connectivity index (χ0n) is 14.1. The van der Waals surface area contributed by atoms with Gasteiger partial charge in [0.2, 0.25) is 0 Å². The highest BCUT2D eigenvalue weighted by molar-refractivity contribution is 6.31. The molecule has 25 heavy (non-hydrogen) atoms. The molecule has 1 amide bonds. The van der Waals surface area contributed by atoms with Crippen LogP contribution < -0.4 is 20.1 Å². The predicted octanol–water partition coefficient (Wildman–Crippen LogP) is 1.03. The number of piperazine rings is 1. The molecule has 1 atom stereocenters. The molecule has 1 aliphatic rings. The van der Waals surface area contributed by atoms with Crippen LogP contribution in [0.1, 0.15) is 6.92 Å². The SMILES string of the molecule is C[C@H](C(=O)Nc1ccc(F)c(Cl)c1)[NH+]1CCN(c2cccc[nH+]2)CC1. The van der Waals surface area contributed by atoms with Gasteiger partial charge in [0.05, 0.1) is 11.2 Å². The predicted molar refractivity (Wildman–Crippen MR) is 95.4 cm³/mol. The summed E-state index contributed by atoms with van der Waals surface area (Å²) in [7, 11) is 0. The smallest absolute Gasteiger partial charge is 0.282 e. The molecule has 3 rings (SSSR count). The first-order valence-electron chi connectivity index (χ1n) is 8.37.